The van der Waals surface area contributed by atoms with Crippen molar-refractivity contribution in [3.8, 4) is 0 Å². The molecule has 0 aromatic heterocycles. The van der Waals surface area contributed by atoms with Crippen molar-refractivity contribution in [3.05, 3.63) is 35.6 Å². The molecule has 0 aromatic rings. The number of hydrogen-bond donors (Lipinski definition) is 1. The van der Waals surface area contributed by atoms with E-state index in [-0.39, 0.29) is 10.9 Å². The lowest BCUT2D eigenvalue weighted by molar-refractivity contribution is -0.108. The summed E-state index contributed by atoms with van der Waals surface area (Å²) in [5.41, 5.74) is 1.54. The predicted molar refractivity (Wildman–Crippen MR) is 69.5 cm³/mol. The van der Waals surface area contributed by atoms with E-state index in [0.717, 1.165) is 12.0 Å². The normalized spacial score (nSPS) is 26.4. The van der Waals surface area contributed by atoms with Gasteiger partial charge in [-0.25, -0.2) is 0 Å². The molecule has 0 saturated carbocycles. The summed E-state index contributed by atoms with van der Waals surface area (Å²) in [5.74, 6) is 0.213. The molecule has 16 heavy (non-hydrogen) atoms. The van der Waals surface area contributed by atoms with Crippen molar-refractivity contribution < 1.29 is 9.90 Å². The molecule has 1 unspecified atom stereocenters. The van der Waals surface area contributed by atoms with Gasteiger partial charge in [0.25, 0.3) is 0 Å². The van der Waals surface area contributed by atoms with Gasteiger partial charge in [0.05, 0.1) is 4.75 Å². The van der Waals surface area contributed by atoms with Crippen molar-refractivity contribution in [2.75, 3.05) is 0 Å². The average molecular weight is 238 g/mol. The van der Waals surface area contributed by atoms with Crippen LogP contribution >= 0.6 is 11.8 Å². The topological polar surface area (TPSA) is 37.3 Å². The smallest absolute Gasteiger partial charge is 0.220 e. The average Bonchev–Trinajstić information content (AvgIpc) is 2.42. The van der Waals surface area contributed by atoms with Crippen LogP contribution in [0.3, 0.4) is 0 Å². The Hall–Kier alpha value is -0.960. The summed E-state index contributed by atoms with van der Waals surface area (Å²) >= 11 is 1.18. The van der Waals surface area contributed by atoms with E-state index in [1.807, 2.05) is 26.8 Å². The van der Waals surface area contributed by atoms with Crippen molar-refractivity contribution in [3.63, 3.8) is 0 Å². The number of rotatable bonds is 4. The summed E-state index contributed by atoms with van der Waals surface area (Å²) in [6.45, 7) is 9.44. The van der Waals surface area contributed by atoms with Crippen molar-refractivity contribution in [2.24, 2.45) is 0 Å². The van der Waals surface area contributed by atoms with E-state index in [0.29, 0.717) is 12.0 Å². The third kappa shape index (κ3) is 2.40. The summed E-state index contributed by atoms with van der Waals surface area (Å²) in [6, 6.07) is 0. The van der Waals surface area contributed by atoms with Gasteiger partial charge in [0.1, 0.15) is 5.76 Å². The Morgan fingerprint density at radius 3 is 2.75 bits per heavy atom. The molecule has 0 aromatic carbocycles. The molecule has 0 aliphatic carbocycles. The number of thioether (sulfide) groups is 1. The third-order valence-electron chi connectivity index (χ3n) is 2.63. The Labute approximate surface area is 101 Å². The Kier molecular flexibility index (Phi) is 4.03. The molecule has 88 valence electrons. The van der Waals surface area contributed by atoms with Crippen LogP contribution in [0.5, 0.6) is 0 Å². The quantitative estimate of drug-likeness (QED) is 0.758. The second-order valence-corrected chi connectivity index (χ2v) is 5.59. The number of carbonyl (C=O) groups excluding carboxylic acids is 1. The molecule has 0 radical (unpaired) electrons. The molecule has 1 heterocycles. The van der Waals surface area contributed by atoms with Crippen LogP contribution in [-0.2, 0) is 4.79 Å². The van der Waals surface area contributed by atoms with Gasteiger partial charge in [-0.2, -0.15) is 0 Å². The first-order valence-electron chi connectivity index (χ1n) is 5.42. The SMILES string of the molecule is C=C/C(C)=C/C1(C)SC(=O)C(CCC)=C1O. The second kappa shape index (κ2) is 4.91. The second-order valence-electron chi connectivity index (χ2n) is 4.17. The molecule has 1 aliphatic rings. The van der Waals surface area contributed by atoms with E-state index in [9.17, 15) is 9.90 Å². The zero-order valence-electron chi connectivity index (χ0n) is 10.0. The third-order valence-corrected chi connectivity index (χ3v) is 3.80. The molecule has 0 spiro atoms. The highest BCUT2D eigenvalue weighted by atomic mass is 32.2. The minimum atomic E-state index is -0.611. The zero-order valence-corrected chi connectivity index (χ0v) is 10.9. The minimum absolute atomic E-state index is 0.00466. The van der Waals surface area contributed by atoms with E-state index in [1.54, 1.807) is 6.08 Å². The van der Waals surface area contributed by atoms with Gasteiger partial charge in [0.15, 0.2) is 0 Å². The highest BCUT2D eigenvalue weighted by molar-refractivity contribution is 8.16. The number of aliphatic hydroxyl groups excluding tert-OH is 1. The standard InChI is InChI=1S/C13H18O2S/c1-5-7-10-11(14)13(4,16-12(10)15)8-9(3)6-2/h6,8,14H,2,5,7H2,1,3-4H3/b9-8+. The van der Waals surface area contributed by atoms with Crippen LogP contribution < -0.4 is 0 Å². The molecule has 3 heteroatoms. The molecule has 0 amide bonds. The number of aliphatic hydroxyl groups is 1. The number of hydrogen-bond acceptors (Lipinski definition) is 3. The Morgan fingerprint density at radius 1 is 1.62 bits per heavy atom. The maximum Gasteiger partial charge on any atom is 0.220 e. The van der Waals surface area contributed by atoms with Crippen LogP contribution in [0.4, 0.5) is 0 Å². The maximum absolute atomic E-state index is 11.8. The molecule has 1 atom stereocenters. The van der Waals surface area contributed by atoms with Crippen LogP contribution in [-0.4, -0.2) is 15.0 Å². The fraction of sp³-hybridized carbons (Fsp3) is 0.462. The minimum Gasteiger partial charge on any atom is -0.510 e. The van der Waals surface area contributed by atoms with Crippen LogP contribution in [0.25, 0.3) is 0 Å². The Morgan fingerprint density at radius 2 is 2.25 bits per heavy atom. The molecule has 0 saturated heterocycles. The van der Waals surface area contributed by atoms with Crippen molar-refractivity contribution >= 4 is 16.9 Å². The van der Waals surface area contributed by atoms with E-state index >= 15 is 0 Å². The summed E-state index contributed by atoms with van der Waals surface area (Å²) in [4.78, 5) is 11.8. The van der Waals surface area contributed by atoms with Crippen LogP contribution in [0.15, 0.2) is 35.6 Å². The highest BCUT2D eigenvalue weighted by Crippen LogP contribution is 2.45. The summed E-state index contributed by atoms with van der Waals surface area (Å²) in [6.07, 6.45) is 5.13. The van der Waals surface area contributed by atoms with Crippen molar-refractivity contribution in [2.45, 2.75) is 38.4 Å². The lowest BCUT2D eigenvalue weighted by Crippen LogP contribution is -2.17. The van der Waals surface area contributed by atoms with E-state index in [4.69, 9.17) is 0 Å². The predicted octanol–water partition coefficient (Wildman–Crippen LogP) is 3.76. The maximum atomic E-state index is 11.8. The molecule has 1 aliphatic heterocycles. The fourth-order valence-electron chi connectivity index (χ4n) is 1.76. The molecule has 0 fully saturated rings. The number of carbonyl (C=O) groups is 1. The van der Waals surface area contributed by atoms with Crippen molar-refractivity contribution in [1.29, 1.82) is 0 Å². The van der Waals surface area contributed by atoms with Gasteiger partial charge < -0.3 is 5.11 Å². The molecule has 2 nitrogen and oxygen atoms in total. The van der Waals surface area contributed by atoms with Gasteiger partial charge in [-0.3, -0.25) is 4.79 Å². The van der Waals surface area contributed by atoms with Gasteiger partial charge >= 0.3 is 0 Å². The Bertz CT molecular complexity index is 379. The van der Waals surface area contributed by atoms with Gasteiger partial charge in [-0.15, -0.1) is 0 Å². The van der Waals surface area contributed by atoms with Gasteiger partial charge in [0, 0.05) is 5.57 Å². The van der Waals surface area contributed by atoms with E-state index < -0.39 is 4.75 Å². The van der Waals surface area contributed by atoms with E-state index in [1.165, 1.54) is 11.8 Å². The lowest BCUT2D eigenvalue weighted by Gasteiger charge is -2.18. The van der Waals surface area contributed by atoms with Crippen molar-refractivity contribution in [1.82, 2.24) is 0 Å². The van der Waals surface area contributed by atoms with Gasteiger partial charge in [-0.05, 0) is 20.3 Å². The summed E-state index contributed by atoms with van der Waals surface area (Å²) < 4.78 is -0.611. The summed E-state index contributed by atoms with van der Waals surface area (Å²) in [5, 5.41) is 10.1. The van der Waals surface area contributed by atoms with E-state index in [2.05, 4.69) is 6.58 Å². The molecular weight excluding hydrogens is 220 g/mol. The number of allylic oxidation sites excluding steroid dienone is 2. The first-order valence-corrected chi connectivity index (χ1v) is 6.24. The molecule has 1 N–H and O–H groups in total. The molecule has 1 rings (SSSR count). The van der Waals surface area contributed by atoms with Crippen LogP contribution in [0.1, 0.15) is 33.6 Å². The lowest BCUT2D eigenvalue weighted by atomic mass is 10.00. The zero-order chi connectivity index (χ0) is 12.3. The fourth-order valence-corrected chi connectivity index (χ4v) is 2.93. The van der Waals surface area contributed by atoms with Gasteiger partial charge in [0.2, 0.25) is 5.12 Å². The monoisotopic (exact) mass is 238 g/mol. The Balaban J connectivity index is 3.10. The molecule has 0 bridgehead atoms. The van der Waals surface area contributed by atoms with Crippen LogP contribution in [0.2, 0.25) is 0 Å². The first kappa shape index (κ1) is 13.1. The highest BCUT2D eigenvalue weighted by Gasteiger charge is 2.41. The van der Waals surface area contributed by atoms with Gasteiger partial charge in [-0.1, -0.05) is 49.4 Å². The first-order chi connectivity index (χ1) is 7.44. The largest absolute Gasteiger partial charge is 0.510 e. The summed E-state index contributed by atoms with van der Waals surface area (Å²) in [7, 11) is 0. The molecular formula is C13H18O2S. The van der Waals surface area contributed by atoms with Crippen LogP contribution in [0, 0.1) is 0 Å².